The van der Waals surface area contributed by atoms with Crippen LogP contribution in [0.3, 0.4) is 0 Å². The summed E-state index contributed by atoms with van der Waals surface area (Å²) in [5.41, 5.74) is 0.411. The number of aliphatic hydroxyl groups is 1. The van der Waals surface area contributed by atoms with Crippen LogP contribution in [0.2, 0.25) is 10.0 Å². The van der Waals surface area contributed by atoms with Gasteiger partial charge in [-0.05, 0) is 17.7 Å². The van der Waals surface area contributed by atoms with E-state index in [-0.39, 0.29) is 25.3 Å². The predicted molar refractivity (Wildman–Crippen MR) is 91.5 cm³/mol. The van der Waals surface area contributed by atoms with Crippen molar-refractivity contribution in [2.75, 3.05) is 6.54 Å². The summed E-state index contributed by atoms with van der Waals surface area (Å²) in [5, 5.41) is 22.1. The summed E-state index contributed by atoms with van der Waals surface area (Å²) in [7, 11) is 0. The highest BCUT2D eigenvalue weighted by Crippen LogP contribution is 2.26. The molecular weight excluding hydrogens is 371 g/mol. The van der Waals surface area contributed by atoms with Gasteiger partial charge >= 0.3 is 5.97 Å². The summed E-state index contributed by atoms with van der Waals surface area (Å²) >= 11 is 12.1. The van der Waals surface area contributed by atoms with Crippen molar-refractivity contribution in [2.45, 2.75) is 38.0 Å². The largest absolute Gasteiger partial charge is 0.480 e. The van der Waals surface area contributed by atoms with Gasteiger partial charge in [-0.3, -0.25) is 9.59 Å². The number of nitrogens with zero attached hydrogens (tertiary/aromatic N) is 1. The van der Waals surface area contributed by atoms with E-state index in [4.69, 9.17) is 23.2 Å². The van der Waals surface area contributed by atoms with E-state index in [1.165, 1.54) is 11.8 Å². The van der Waals surface area contributed by atoms with E-state index in [0.29, 0.717) is 15.6 Å². The van der Waals surface area contributed by atoms with Crippen molar-refractivity contribution in [3.05, 3.63) is 33.8 Å². The normalized spacial score (nSPS) is 21.0. The number of likely N-dealkylation sites (tertiary alicyclic amines) is 1. The number of aliphatic carboxylic acids is 1. The quantitative estimate of drug-likeness (QED) is 0.699. The second kappa shape index (κ2) is 8.03. The first-order valence-electron chi connectivity index (χ1n) is 7.62. The van der Waals surface area contributed by atoms with Crippen LogP contribution in [0.25, 0.3) is 0 Å². The molecule has 0 saturated carbocycles. The van der Waals surface area contributed by atoms with E-state index in [2.05, 4.69) is 5.32 Å². The molecule has 1 fully saturated rings. The van der Waals surface area contributed by atoms with Gasteiger partial charge in [-0.1, -0.05) is 29.3 Å². The lowest BCUT2D eigenvalue weighted by Crippen LogP contribution is -2.51. The molecule has 1 heterocycles. The Morgan fingerprint density at radius 1 is 1.32 bits per heavy atom. The van der Waals surface area contributed by atoms with Gasteiger partial charge in [0.1, 0.15) is 12.1 Å². The van der Waals surface area contributed by atoms with Gasteiger partial charge in [-0.2, -0.15) is 0 Å². The number of amides is 2. The Morgan fingerprint density at radius 3 is 2.44 bits per heavy atom. The molecule has 25 heavy (non-hydrogen) atoms. The van der Waals surface area contributed by atoms with Crippen LogP contribution in [-0.4, -0.2) is 57.6 Å². The van der Waals surface area contributed by atoms with Crippen LogP contribution >= 0.6 is 23.2 Å². The minimum atomic E-state index is -1.27. The molecule has 1 aromatic rings. The molecule has 3 N–H and O–H groups in total. The van der Waals surface area contributed by atoms with Gasteiger partial charge in [-0.15, -0.1) is 0 Å². The number of benzene rings is 1. The van der Waals surface area contributed by atoms with Gasteiger partial charge in [0.05, 0.1) is 6.10 Å². The standard InChI is InChI=1S/C16H18Cl2N2O5/c1-8(21)20-7-9(22)5-14(20)15(23)19-13(16(24)25)6-10-11(17)3-2-4-12(10)18/h2-4,9,13-14,22H,5-7H2,1H3,(H,19,23)(H,24,25)/t9-,13+,14+/m1/s1. The van der Waals surface area contributed by atoms with Gasteiger partial charge in [0.15, 0.2) is 0 Å². The van der Waals surface area contributed by atoms with Crippen LogP contribution in [0.1, 0.15) is 18.9 Å². The number of hydrogen-bond acceptors (Lipinski definition) is 4. The summed E-state index contributed by atoms with van der Waals surface area (Å²) < 4.78 is 0. The Balaban J connectivity index is 2.15. The van der Waals surface area contributed by atoms with E-state index in [9.17, 15) is 24.6 Å². The highest BCUT2D eigenvalue weighted by molar-refractivity contribution is 6.36. The number of halogens is 2. The van der Waals surface area contributed by atoms with Gasteiger partial charge < -0.3 is 20.4 Å². The number of nitrogens with one attached hydrogen (secondary N) is 1. The minimum Gasteiger partial charge on any atom is -0.480 e. The topological polar surface area (TPSA) is 107 Å². The van der Waals surface area contributed by atoms with Crippen molar-refractivity contribution < 1.29 is 24.6 Å². The van der Waals surface area contributed by atoms with Crippen LogP contribution < -0.4 is 5.32 Å². The Bertz CT molecular complexity index is 677. The fraction of sp³-hybridized carbons (Fsp3) is 0.438. The lowest BCUT2D eigenvalue weighted by atomic mass is 10.0. The number of hydrogen-bond donors (Lipinski definition) is 3. The number of carbonyl (C=O) groups is 3. The van der Waals surface area contributed by atoms with E-state index in [1.807, 2.05) is 0 Å². The molecule has 0 spiro atoms. The van der Waals surface area contributed by atoms with E-state index < -0.39 is 30.1 Å². The molecule has 3 atom stereocenters. The number of β-amino-alcohol motifs (C(OH)–C–C–N with tert-alkyl or cyclic N) is 1. The second-order valence-corrected chi connectivity index (χ2v) is 6.69. The zero-order chi connectivity index (χ0) is 18.7. The van der Waals surface area contributed by atoms with Gasteiger partial charge in [0.25, 0.3) is 0 Å². The summed E-state index contributed by atoms with van der Waals surface area (Å²) in [6.45, 7) is 1.33. The highest BCUT2D eigenvalue weighted by Gasteiger charge is 2.38. The maximum Gasteiger partial charge on any atom is 0.326 e. The van der Waals surface area contributed by atoms with Crippen LogP contribution in [-0.2, 0) is 20.8 Å². The second-order valence-electron chi connectivity index (χ2n) is 5.88. The lowest BCUT2D eigenvalue weighted by Gasteiger charge is -2.24. The molecule has 1 aliphatic rings. The SMILES string of the molecule is CC(=O)N1C[C@H](O)C[C@H]1C(=O)N[C@@H](Cc1c(Cl)cccc1Cl)C(=O)O. The van der Waals surface area contributed by atoms with Crippen molar-refractivity contribution in [3.63, 3.8) is 0 Å². The van der Waals surface area contributed by atoms with Crippen LogP contribution in [0.4, 0.5) is 0 Å². The average Bonchev–Trinajstić information content (AvgIpc) is 2.92. The van der Waals surface area contributed by atoms with E-state index in [1.54, 1.807) is 18.2 Å². The zero-order valence-corrected chi connectivity index (χ0v) is 14.9. The molecular formula is C16H18Cl2N2O5. The Hall–Kier alpha value is -1.83. The maximum atomic E-state index is 12.4. The molecule has 136 valence electrons. The van der Waals surface area contributed by atoms with Crippen LogP contribution in [0.15, 0.2) is 18.2 Å². The lowest BCUT2D eigenvalue weighted by molar-refractivity contribution is -0.143. The summed E-state index contributed by atoms with van der Waals surface area (Å²) in [4.78, 5) is 36.8. The first kappa shape index (κ1) is 19.5. The maximum absolute atomic E-state index is 12.4. The molecule has 2 rings (SSSR count). The highest BCUT2D eigenvalue weighted by atomic mass is 35.5. The first-order valence-corrected chi connectivity index (χ1v) is 8.37. The van der Waals surface area contributed by atoms with Crippen LogP contribution in [0, 0.1) is 0 Å². The minimum absolute atomic E-state index is 0.0432. The van der Waals surface area contributed by atoms with Crippen molar-refractivity contribution >= 4 is 41.0 Å². The predicted octanol–water partition coefficient (Wildman–Crippen LogP) is 1.09. The molecule has 9 heteroatoms. The van der Waals surface area contributed by atoms with E-state index in [0.717, 1.165) is 0 Å². The molecule has 0 bridgehead atoms. The molecule has 0 aliphatic carbocycles. The number of rotatable bonds is 5. The monoisotopic (exact) mass is 388 g/mol. The van der Waals surface area contributed by atoms with Gasteiger partial charge in [0, 0.05) is 36.4 Å². The van der Waals surface area contributed by atoms with Crippen molar-refractivity contribution in [1.29, 1.82) is 0 Å². The van der Waals surface area contributed by atoms with Gasteiger partial charge in [0.2, 0.25) is 11.8 Å². The molecule has 2 amide bonds. The molecule has 0 unspecified atom stereocenters. The smallest absolute Gasteiger partial charge is 0.326 e. The average molecular weight is 389 g/mol. The Morgan fingerprint density at radius 2 is 1.92 bits per heavy atom. The molecule has 1 aliphatic heterocycles. The summed E-state index contributed by atoms with van der Waals surface area (Å²) in [5.74, 6) is -2.25. The molecule has 0 aromatic heterocycles. The number of aliphatic hydroxyl groups excluding tert-OH is 1. The molecule has 1 aromatic carbocycles. The third-order valence-electron chi connectivity index (χ3n) is 4.07. The van der Waals surface area contributed by atoms with E-state index >= 15 is 0 Å². The van der Waals surface area contributed by atoms with Crippen molar-refractivity contribution in [3.8, 4) is 0 Å². The van der Waals surface area contributed by atoms with Crippen molar-refractivity contribution in [2.24, 2.45) is 0 Å². The first-order chi connectivity index (χ1) is 11.7. The van der Waals surface area contributed by atoms with Crippen molar-refractivity contribution in [1.82, 2.24) is 10.2 Å². The number of carbonyl (C=O) groups excluding carboxylic acids is 2. The fourth-order valence-electron chi connectivity index (χ4n) is 2.81. The van der Waals surface area contributed by atoms with Gasteiger partial charge in [-0.25, -0.2) is 4.79 Å². The van der Waals surface area contributed by atoms with Crippen LogP contribution in [0.5, 0.6) is 0 Å². The summed E-state index contributed by atoms with van der Waals surface area (Å²) in [6, 6.07) is 2.61. The molecule has 1 saturated heterocycles. The molecule has 0 radical (unpaired) electrons. The third kappa shape index (κ3) is 4.62. The Labute approximate surface area is 154 Å². The summed E-state index contributed by atoms with van der Waals surface area (Å²) in [6.07, 6.45) is -0.861. The Kier molecular flexibility index (Phi) is 6.26. The number of carboxylic acid groups (broad SMARTS) is 1. The number of carboxylic acids is 1. The zero-order valence-electron chi connectivity index (χ0n) is 13.4. The fourth-order valence-corrected chi connectivity index (χ4v) is 3.36. The third-order valence-corrected chi connectivity index (χ3v) is 4.78. The molecule has 7 nitrogen and oxygen atoms in total.